The van der Waals surface area contributed by atoms with E-state index in [2.05, 4.69) is 15.9 Å². The second-order valence-corrected chi connectivity index (χ2v) is 5.40. The van der Waals surface area contributed by atoms with Gasteiger partial charge in [0.05, 0.1) is 4.47 Å². The number of alkyl halides is 3. The highest BCUT2D eigenvalue weighted by Gasteiger charge is 2.29. The molecule has 0 unspecified atom stereocenters. The Morgan fingerprint density at radius 1 is 1.30 bits per heavy atom. The summed E-state index contributed by atoms with van der Waals surface area (Å²) in [6.45, 7) is -0.00572. The van der Waals surface area contributed by atoms with E-state index in [1.54, 1.807) is 11.0 Å². The topological polar surface area (TPSA) is 29.5 Å². The third-order valence-corrected chi connectivity index (χ3v) is 3.62. The van der Waals surface area contributed by atoms with E-state index < -0.39 is 12.8 Å². The van der Waals surface area contributed by atoms with Gasteiger partial charge in [0.25, 0.3) is 5.91 Å². The predicted molar refractivity (Wildman–Crippen MR) is 70.8 cm³/mol. The summed E-state index contributed by atoms with van der Waals surface area (Å²) in [5.41, 5.74) is 0.340. The Bertz CT molecular complexity index is 499. The fourth-order valence-electron chi connectivity index (χ4n) is 2.01. The molecule has 0 radical (unpaired) electrons. The Kier molecular flexibility index (Phi) is 4.57. The zero-order chi connectivity index (χ0) is 14.8. The number of amides is 1. The highest BCUT2D eigenvalue weighted by Crippen LogP contribution is 2.29. The Hall–Kier alpha value is -1.24. The summed E-state index contributed by atoms with van der Waals surface area (Å²) >= 11 is 3.11. The molecular weight excluding hydrogens is 339 g/mol. The average molecular weight is 352 g/mol. The van der Waals surface area contributed by atoms with Gasteiger partial charge in [-0.2, -0.15) is 13.2 Å². The molecule has 0 aliphatic carbocycles. The summed E-state index contributed by atoms with van der Waals surface area (Å²) in [4.78, 5) is 13.8. The number of ether oxygens (including phenoxy) is 1. The molecule has 1 saturated heterocycles. The smallest absolute Gasteiger partial charge is 0.422 e. The number of rotatable bonds is 3. The maximum absolute atomic E-state index is 12.2. The lowest BCUT2D eigenvalue weighted by molar-refractivity contribution is -0.153. The minimum Gasteiger partial charge on any atom is -0.483 e. The number of hydrogen-bond donors (Lipinski definition) is 0. The van der Waals surface area contributed by atoms with E-state index in [4.69, 9.17) is 4.74 Å². The first kappa shape index (κ1) is 15.2. The Morgan fingerprint density at radius 2 is 1.95 bits per heavy atom. The van der Waals surface area contributed by atoms with Crippen molar-refractivity contribution in [2.24, 2.45) is 0 Å². The van der Waals surface area contributed by atoms with E-state index in [1.165, 1.54) is 12.1 Å². The number of hydrogen-bond acceptors (Lipinski definition) is 2. The second kappa shape index (κ2) is 6.03. The van der Waals surface area contributed by atoms with Gasteiger partial charge in [-0.3, -0.25) is 4.79 Å². The molecule has 1 fully saturated rings. The molecule has 1 aromatic rings. The average Bonchev–Trinajstić information content (AvgIpc) is 2.90. The van der Waals surface area contributed by atoms with Crippen LogP contribution < -0.4 is 4.74 Å². The maximum atomic E-state index is 12.2. The zero-order valence-corrected chi connectivity index (χ0v) is 12.1. The van der Waals surface area contributed by atoms with Gasteiger partial charge in [0.1, 0.15) is 5.75 Å². The molecule has 0 N–H and O–H groups in total. The molecule has 1 amide bonds. The number of carbonyl (C=O) groups excluding carboxylic acids is 1. The van der Waals surface area contributed by atoms with E-state index in [9.17, 15) is 18.0 Å². The number of benzene rings is 1. The molecule has 3 nitrogen and oxygen atoms in total. The SMILES string of the molecule is O=C(c1ccc(Br)c(OCC(F)(F)F)c1)N1CCCC1. The summed E-state index contributed by atoms with van der Waals surface area (Å²) in [7, 11) is 0. The standard InChI is InChI=1S/C13H13BrF3NO2/c14-10-4-3-9(12(19)18-5-1-2-6-18)7-11(10)20-8-13(15,16)17/h3-4,7H,1-2,5-6,8H2. The van der Waals surface area contributed by atoms with Crippen molar-refractivity contribution in [1.82, 2.24) is 4.90 Å². The van der Waals surface area contributed by atoms with Crippen molar-refractivity contribution >= 4 is 21.8 Å². The van der Waals surface area contributed by atoms with Crippen molar-refractivity contribution in [1.29, 1.82) is 0 Å². The molecule has 0 aromatic heterocycles. The highest BCUT2D eigenvalue weighted by molar-refractivity contribution is 9.10. The van der Waals surface area contributed by atoms with Gasteiger partial charge in [-0.1, -0.05) is 0 Å². The van der Waals surface area contributed by atoms with Gasteiger partial charge in [-0.25, -0.2) is 0 Å². The largest absolute Gasteiger partial charge is 0.483 e. The van der Waals surface area contributed by atoms with Gasteiger partial charge in [-0.05, 0) is 47.0 Å². The lowest BCUT2D eigenvalue weighted by Gasteiger charge is -2.16. The van der Waals surface area contributed by atoms with Crippen LogP contribution in [0, 0.1) is 0 Å². The Labute approximate surface area is 122 Å². The monoisotopic (exact) mass is 351 g/mol. The van der Waals surface area contributed by atoms with Gasteiger partial charge >= 0.3 is 6.18 Å². The van der Waals surface area contributed by atoms with Crippen LogP contribution in [0.5, 0.6) is 5.75 Å². The van der Waals surface area contributed by atoms with Crippen molar-refractivity contribution in [3.63, 3.8) is 0 Å². The lowest BCUT2D eigenvalue weighted by Crippen LogP contribution is -2.27. The van der Waals surface area contributed by atoms with Gasteiger partial charge < -0.3 is 9.64 Å². The predicted octanol–water partition coefficient (Wildman–Crippen LogP) is 3.63. The highest BCUT2D eigenvalue weighted by atomic mass is 79.9. The van der Waals surface area contributed by atoms with Crippen molar-refractivity contribution in [2.45, 2.75) is 19.0 Å². The Morgan fingerprint density at radius 3 is 2.55 bits per heavy atom. The summed E-state index contributed by atoms with van der Waals surface area (Å²) in [6.07, 6.45) is -2.49. The minimum absolute atomic E-state index is 0.0207. The van der Waals surface area contributed by atoms with E-state index in [0.717, 1.165) is 12.8 Å². The molecule has 0 spiro atoms. The zero-order valence-electron chi connectivity index (χ0n) is 10.5. The molecule has 0 saturated carbocycles. The molecule has 1 heterocycles. The van der Waals surface area contributed by atoms with Crippen LogP contribution in [0.4, 0.5) is 13.2 Å². The van der Waals surface area contributed by atoms with Crippen molar-refractivity contribution < 1.29 is 22.7 Å². The van der Waals surface area contributed by atoms with Gasteiger partial charge in [0.15, 0.2) is 6.61 Å². The van der Waals surface area contributed by atoms with Crippen LogP contribution in [-0.2, 0) is 0 Å². The summed E-state index contributed by atoms with van der Waals surface area (Å²) in [5.74, 6) is -0.153. The van der Waals surface area contributed by atoms with Crippen molar-refractivity contribution in [3.05, 3.63) is 28.2 Å². The van der Waals surface area contributed by atoms with Crippen LogP contribution in [-0.4, -0.2) is 36.7 Å². The first-order valence-electron chi connectivity index (χ1n) is 6.15. The second-order valence-electron chi connectivity index (χ2n) is 4.55. The molecule has 110 valence electrons. The van der Waals surface area contributed by atoms with E-state index in [0.29, 0.717) is 23.1 Å². The molecule has 1 aromatic carbocycles. The molecule has 20 heavy (non-hydrogen) atoms. The number of carbonyl (C=O) groups is 1. The van der Waals surface area contributed by atoms with Crippen LogP contribution in [0.1, 0.15) is 23.2 Å². The summed E-state index contributed by atoms with van der Waals surface area (Å²) in [6, 6.07) is 4.44. The maximum Gasteiger partial charge on any atom is 0.422 e. The molecule has 7 heteroatoms. The summed E-state index contributed by atoms with van der Waals surface area (Å²) in [5, 5.41) is 0. The molecule has 1 aliphatic rings. The first-order valence-corrected chi connectivity index (χ1v) is 6.94. The molecule has 1 aliphatic heterocycles. The van der Waals surface area contributed by atoms with Crippen molar-refractivity contribution in [3.8, 4) is 5.75 Å². The number of likely N-dealkylation sites (tertiary alicyclic amines) is 1. The first-order chi connectivity index (χ1) is 9.37. The van der Waals surface area contributed by atoms with Gasteiger partial charge in [0.2, 0.25) is 0 Å². The quantitative estimate of drug-likeness (QED) is 0.832. The molecule has 2 rings (SSSR count). The van der Waals surface area contributed by atoms with Crippen LogP contribution >= 0.6 is 15.9 Å². The summed E-state index contributed by atoms with van der Waals surface area (Å²) < 4.78 is 41.6. The van der Waals surface area contributed by atoms with Crippen LogP contribution in [0.25, 0.3) is 0 Å². The van der Waals surface area contributed by atoms with Gasteiger partial charge in [-0.15, -0.1) is 0 Å². The number of halogens is 4. The van der Waals surface area contributed by atoms with E-state index >= 15 is 0 Å². The van der Waals surface area contributed by atoms with E-state index in [1.807, 2.05) is 0 Å². The normalized spacial score (nSPS) is 15.5. The fraction of sp³-hybridized carbons (Fsp3) is 0.462. The third kappa shape index (κ3) is 3.88. The minimum atomic E-state index is -4.41. The van der Waals surface area contributed by atoms with E-state index in [-0.39, 0.29) is 11.7 Å². The molecule has 0 atom stereocenters. The van der Waals surface area contributed by atoms with Gasteiger partial charge in [0, 0.05) is 18.7 Å². The molecule has 0 bridgehead atoms. The van der Waals surface area contributed by atoms with Crippen molar-refractivity contribution in [2.75, 3.05) is 19.7 Å². The lowest BCUT2D eigenvalue weighted by atomic mass is 10.2. The van der Waals surface area contributed by atoms with Crippen LogP contribution in [0.3, 0.4) is 0 Å². The van der Waals surface area contributed by atoms with Crippen LogP contribution in [0.15, 0.2) is 22.7 Å². The fourth-order valence-corrected chi connectivity index (χ4v) is 2.37. The van der Waals surface area contributed by atoms with Crippen LogP contribution in [0.2, 0.25) is 0 Å². The number of nitrogens with zero attached hydrogens (tertiary/aromatic N) is 1. The Balaban J connectivity index is 2.13. The third-order valence-electron chi connectivity index (χ3n) is 2.96. The molecular formula is C13H13BrF3NO2.